The third-order valence-electron chi connectivity index (χ3n) is 2.24. The SMILES string of the molecule is CNC(=O)C(C)S(=O)(=O)C(C)CCN. The Kier molecular flexibility index (Phi) is 5.07. The topological polar surface area (TPSA) is 89.3 Å². The van der Waals surface area contributed by atoms with Crippen LogP contribution in [-0.4, -0.2) is 38.4 Å². The molecule has 0 heterocycles. The van der Waals surface area contributed by atoms with Crippen LogP contribution in [0.2, 0.25) is 0 Å². The number of carbonyl (C=O) groups is 1. The maximum Gasteiger partial charge on any atom is 0.237 e. The van der Waals surface area contributed by atoms with Crippen molar-refractivity contribution in [3.63, 3.8) is 0 Å². The maximum absolute atomic E-state index is 11.7. The predicted molar refractivity (Wildman–Crippen MR) is 55.6 cm³/mol. The van der Waals surface area contributed by atoms with Gasteiger partial charge in [0.15, 0.2) is 9.84 Å². The summed E-state index contributed by atoms with van der Waals surface area (Å²) in [5.41, 5.74) is 5.27. The monoisotopic (exact) mass is 222 g/mol. The van der Waals surface area contributed by atoms with Gasteiger partial charge in [-0.05, 0) is 26.8 Å². The lowest BCUT2D eigenvalue weighted by molar-refractivity contribution is -0.119. The zero-order chi connectivity index (χ0) is 11.4. The second-order valence-electron chi connectivity index (χ2n) is 3.23. The van der Waals surface area contributed by atoms with E-state index in [9.17, 15) is 13.2 Å². The number of amides is 1. The van der Waals surface area contributed by atoms with Gasteiger partial charge in [0, 0.05) is 7.05 Å². The number of nitrogens with one attached hydrogen (secondary N) is 1. The van der Waals surface area contributed by atoms with Crippen LogP contribution in [0.15, 0.2) is 0 Å². The maximum atomic E-state index is 11.7. The van der Waals surface area contributed by atoms with Crippen LogP contribution in [0.4, 0.5) is 0 Å². The van der Waals surface area contributed by atoms with E-state index in [0.717, 1.165) is 0 Å². The van der Waals surface area contributed by atoms with Gasteiger partial charge in [0.25, 0.3) is 0 Å². The molecule has 1 amide bonds. The molecule has 0 aliphatic carbocycles. The number of hydrogen-bond donors (Lipinski definition) is 2. The Morgan fingerprint density at radius 1 is 1.43 bits per heavy atom. The fourth-order valence-electron chi connectivity index (χ4n) is 1.10. The molecule has 0 radical (unpaired) electrons. The molecule has 0 spiro atoms. The Hall–Kier alpha value is -0.620. The quantitative estimate of drug-likeness (QED) is 0.642. The van der Waals surface area contributed by atoms with Crippen LogP contribution in [0.25, 0.3) is 0 Å². The fraction of sp³-hybridized carbons (Fsp3) is 0.875. The van der Waals surface area contributed by atoms with E-state index in [-0.39, 0.29) is 0 Å². The molecule has 0 saturated carbocycles. The van der Waals surface area contributed by atoms with Crippen molar-refractivity contribution >= 4 is 15.7 Å². The minimum absolute atomic E-state index is 0.306. The standard InChI is InChI=1S/C8H18N2O3S/c1-6(4-5-9)14(12,13)7(2)8(11)10-3/h6-7H,4-5,9H2,1-3H3,(H,10,11). The minimum atomic E-state index is -3.40. The van der Waals surface area contributed by atoms with Crippen LogP contribution in [0.3, 0.4) is 0 Å². The van der Waals surface area contributed by atoms with Gasteiger partial charge in [0.2, 0.25) is 5.91 Å². The second-order valence-corrected chi connectivity index (χ2v) is 5.92. The summed E-state index contributed by atoms with van der Waals surface area (Å²) in [5, 5.41) is 0.743. The van der Waals surface area contributed by atoms with Crippen molar-refractivity contribution in [3.05, 3.63) is 0 Å². The molecule has 84 valence electrons. The number of sulfone groups is 1. The lowest BCUT2D eigenvalue weighted by Gasteiger charge is -2.16. The summed E-state index contributed by atoms with van der Waals surface area (Å²) >= 11 is 0. The Labute approximate surface area is 85.0 Å². The summed E-state index contributed by atoms with van der Waals surface area (Å²) in [6.07, 6.45) is 0.379. The summed E-state index contributed by atoms with van der Waals surface area (Å²) in [6.45, 7) is 3.27. The first-order valence-electron chi connectivity index (χ1n) is 4.52. The highest BCUT2D eigenvalue weighted by molar-refractivity contribution is 7.93. The van der Waals surface area contributed by atoms with E-state index in [4.69, 9.17) is 5.73 Å². The van der Waals surface area contributed by atoms with Gasteiger partial charge in [-0.25, -0.2) is 8.42 Å². The third-order valence-corrected chi connectivity index (χ3v) is 4.80. The first-order chi connectivity index (χ1) is 6.37. The van der Waals surface area contributed by atoms with Crippen molar-refractivity contribution in [1.29, 1.82) is 0 Å². The van der Waals surface area contributed by atoms with Crippen molar-refractivity contribution in [2.24, 2.45) is 5.73 Å². The lowest BCUT2D eigenvalue weighted by atomic mass is 10.3. The number of carbonyl (C=O) groups excluding carboxylic acids is 1. The number of rotatable bonds is 5. The largest absolute Gasteiger partial charge is 0.358 e. The van der Waals surface area contributed by atoms with Crippen molar-refractivity contribution in [3.8, 4) is 0 Å². The van der Waals surface area contributed by atoms with Crippen molar-refractivity contribution in [1.82, 2.24) is 5.32 Å². The summed E-state index contributed by atoms with van der Waals surface area (Å²) in [4.78, 5) is 11.1. The van der Waals surface area contributed by atoms with E-state index in [2.05, 4.69) is 5.32 Å². The highest BCUT2D eigenvalue weighted by Crippen LogP contribution is 2.12. The van der Waals surface area contributed by atoms with Crippen LogP contribution in [0.1, 0.15) is 20.3 Å². The van der Waals surface area contributed by atoms with Crippen molar-refractivity contribution in [2.45, 2.75) is 30.8 Å². The average Bonchev–Trinajstić information content (AvgIpc) is 2.15. The van der Waals surface area contributed by atoms with E-state index >= 15 is 0 Å². The molecule has 2 atom stereocenters. The van der Waals surface area contributed by atoms with E-state index in [1.54, 1.807) is 6.92 Å². The van der Waals surface area contributed by atoms with Gasteiger partial charge in [-0.3, -0.25) is 4.79 Å². The Balaban J connectivity index is 4.69. The first kappa shape index (κ1) is 13.4. The molecular weight excluding hydrogens is 204 g/mol. The number of nitrogens with two attached hydrogens (primary N) is 1. The molecule has 14 heavy (non-hydrogen) atoms. The van der Waals surface area contributed by atoms with Crippen LogP contribution in [0, 0.1) is 0 Å². The molecule has 5 nitrogen and oxygen atoms in total. The normalized spacial score (nSPS) is 16.0. The summed E-state index contributed by atoms with van der Waals surface area (Å²) in [5.74, 6) is -0.478. The van der Waals surface area contributed by atoms with Gasteiger partial charge in [0.1, 0.15) is 5.25 Å². The molecule has 3 N–H and O–H groups in total. The fourth-order valence-corrected chi connectivity index (χ4v) is 2.68. The molecular formula is C8H18N2O3S. The molecule has 0 bridgehead atoms. The smallest absolute Gasteiger partial charge is 0.237 e. The summed E-state index contributed by atoms with van der Waals surface area (Å²) < 4.78 is 23.4. The molecule has 0 aromatic heterocycles. The number of hydrogen-bond acceptors (Lipinski definition) is 4. The van der Waals surface area contributed by atoms with Crippen LogP contribution in [-0.2, 0) is 14.6 Å². The molecule has 0 aromatic carbocycles. The third kappa shape index (κ3) is 2.95. The molecule has 0 fully saturated rings. The van der Waals surface area contributed by atoms with Gasteiger partial charge in [-0.1, -0.05) is 0 Å². The van der Waals surface area contributed by atoms with Crippen LogP contribution < -0.4 is 11.1 Å². The lowest BCUT2D eigenvalue weighted by Crippen LogP contribution is -2.40. The van der Waals surface area contributed by atoms with Gasteiger partial charge in [-0.2, -0.15) is 0 Å². The Morgan fingerprint density at radius 3 is 2.29 bits per heavy atom. The molecule has 6 heteroatoms. The molecule has 0 aliphatic rings. The van der Waals surface area contributed by atoms with Gasteiger partial charge < -0.3 is 11.1 Å². The van der Waals surface area contributed by atoms with E-state index in [0.29, 0.717) is 13.0 Å². The average molecular weight is 222 g/mol. The molecule has 0 aromatic rings. The van der Waals surface area contributed by atoms with E-state index < -0.39 is 26.2 Å². The van der Waals surface area contributed by atoms with Crippen molar-refractivity contribution < 1.29 is 13.2 Å². The minimum Gasteiger partial charge on any atom is -0.358 e. The van der Waals surface area contributed by atoms with Gasteiger partial charge in [0.05, 0.1) is 5.25 Å². The zero-order valence-corrected chi connectivity index (χ0v) is 9.60. The Morgan fingerprint density at radius 2 is 1.93 bits per heavy atom. The molecule has 0 saturated heterocycles. The highest BCUT2D eigenvalue weighted by Gasteiger charge is 2.31. The van der Waals surface area contributed by atoms with Crippen LogP contribution in [0.5, 0.6) is 0 Å². The first-order valence-corrected chi connectivity index (χ1v) is 6.13. The molecule has 0 rings (SSSR count). The molecule has 2 unspecified atom stereocenters. The van der Waals surface area contributed by atoms with Crippen LogP contribution >= 0.6 is 0 Å². The summed E-state index contributed by atoms with van der Waals surface area (Å²) in [6, 6.07) is 0. The molecule has 0 aliphatic heterocycles. The van der Waals surface area contributed by atoms with Crippen molar-refractivity contribution in [2.75, 3.05) is 13.6 Å². The highest BCUT2D eigenvalue weighted by atomic mass is 32.2. The Bertz CT molecular complexity index is 287. The van der Waals surface area contributed by atoms with E-state index in [1.807, 2.05) is 0 Å². The van der Waals surface area contributed by atoms with Gasteiger partial charge in [-0.15, -0.1) is 0 Å². The summed E-state index contributed by atoms with van der Waals surface area (Å²) in [7, 11) is -1.99. The second kappa shape index (κ2) is 5.31. The van der Waals surface area contributed by atoms with Gasteiger partial charge >= 0.3 is 0 Å². The van der Waals surface area contributed by atoms with E-state index in [1.165, 1.54) is 14.0 Å². The predicted octanol–water partition coefficient (Wildman–Crippen LogP) is -0.727. The zero-order valence-electron chi connectivity index (χ0n) is 8.78.